The van der Waals surface area contributed by atoms with Crippen molar-refractivity contribution in [3.05, 3.63) is 69.0 Å². The van der Waals surface area contributed by atoms with Gasteiger partial charge in [-0.25, -0.2) is 0 Å². The fourth-order valence-corrected chi connectivity index (χ4v) is 4.59. The van der Waals surface area contributed by atoms with Crippen LogP contribution in [0.15, 0.2) is 51.9 Å². The number of hydrogen-bond acceptors (Lipinski definition) is 6. The molecule has 8 nitrogen and oxygen atoms in total. The van der Waals surface area contributed by atoms with Gasteiger partial charge in [-0.1, -0.05) is 51.8 Å². The van der Waals surface area contributed by atoms with Crippen LogP contribution in [0.1, 0.15) is 58.1 Å². The summed E-state index contributed by atoms with van der Waals surface area (Å²) in [4.78, 5) is 43.4. The van der Waals surface area contributed by atoms with Gasteiger partial charge in [-0.2, -0.15) is 0 Å². The van der Waals surface area contributed by atoms with E-state index in [1.165, 1.54) is 6.26 Å². The molecule has 0 saturated heterocycles. The Morgan fingerprint density at radius 1 is 0.974 bits per heavy atom. The SMILES string of the molecule is CCCCN(CC(=O)N(Cc1ccc2c(c1)OCO2)Cc1coc2ccc(Cl)cc2c1=O)C(=O)CC(C)(C)C. The van der Waals surface area contributed by atoms with E-state index in [9.17, 15) is 14.4 Å². The van der Waals surface area contributed by atoms with Gasteiger partial charge in [0, 0.05) is 24.5 Å². The van der Waals surface area contributed by atoms with Gasteiger partial charge in [0.2, 0.25) is 18.6 Å². The Morgan fingerprint density at radius 2 is 1.74 bits per heavy atom. The number of benzene rings is 2. The summed E-state index contributed by atoms with van der Waals surface area (Å²) in [6.07, 6.45) is 3.41. The Kier molecular flexibility index (Phi) is 8.85. The molecule has 0 unspecified atom stereocenters. The summed E-state index contributed by atoms with van der Waals surface area (Å²) < 4.78 is 16.6. The van der Waals surface area contributed by atoms with Crippen LogP contribution in [-0.4, -0.2) is 41.5 Å². The van der Waals surface area contributed by atoms with E-state index in [2.05, 4.69) is 0 Å². The molecule has 0 atom stereocenters. The normalized spacial score (nSPS) is 12.5. The summed E-state index contributed by atoms with van der Waals surface area (Å²) in [5.74, 6) is 0.913. The van der Waals surface area contributed by atoms with Crippen molar-refractivity contribution in [1.82, 2.24) is 9.80 Å². The number of unbranched alkanes of at least 4 members (excludes halogenated alkanes) is 1. The zero-order valence-electron chi connectivity index (χ0n) is 22.9. The highest BCUT2D eigenvalue weighted by atomic mass is 35.5. The molecule has 2 heterocycles. The van der Waals surface area contributed by atoms with E-state index in [-0.39, 0.29) is 49.1 Å². The first kappa shape index (κ1) is 28.5. The molecular formula is C30H35ClN2O6. The van der Waals surface area contributed by atoms with Gasteiger partial charge in [0.1, 0.15) is 5.58 Å². The molecule has 39 heavy (non-hydrogen) atoms. The highest BCUT2D eigenvalue weighted by Gasteiger charge is 2.26. The Labute approximate surface area is 233 Å². The fraction of sp³-hybridized carbons (Fsp3) is 0.433. The first-order chi connectivity index (χ1) is 18.5. The number of fused-ring (bicyclic) bond motifs is 2. The van der Waals surface area contributed by atoms with E-state index in [4.69, 9.17) is 25.5 Å². The summed E-state index contributed by atoms with van der Waals surface area (Å²) in [6.45, 7) is 8.82. The minimum Gasteiger partial charge on any atom is -0.464 e. The van der Waals surface area contributed by atoms with Crippen molar-refractivity contribution in [2.24, 2.45) is 5.41 Å². The highest BCUT2D eigenvalue weighted by molar-refractivity contribution is 6.31. The van der Waals surface area contributed by atoms with Gasteiger partial charge >= 0.3 is 0 Å². The summed E-state index contributed by atoms with van der Waals surface area (Å²) in [5, 5.41) is 0.768. The van der Waals surface area contributed by atoms with Crippen molar-refractivity contribution in [3.63, 3.8) is 0 Å². The average Bonchev–Trinajstić information content (AvgIpc) is 3.34. The van der Waals surface area contributed by atoms with E-state index in [1.807, 2.05) is 39.8 Å². The van der Waals surface area contributed by atoms with Gasteiger partial charge in [0.25, 0.3) is 0 Å². The molecule has 3 aromatic rings. The third-order valence-electron chi connectivity index (χ3n) is 6.47. The van der Waals surface area contributed by atoms with Crippen LogP contribution >= 0.6 is 11.6 Å². The first-order valence-electron chi connectivity index (χ1n) is 13.2. The number of nitrogens with zero attached hydrogens (tertiary/aromatic N) is 2. The molecule has 4 rings (SSSR count). The van der Waals surface area contributed by atoms with Crippen LogP contribution in [0.2, 0.25) is 5.02 Å². The van der Waals surface area contributed by atoms with Gasteiger partial charge in [0.05, 0.1) is 30.3 Å². The molecule has 9 heteroatoms. The van der Waals surface area contributed by atoms with Crippen molar-refractivity contribution in [3.8, 4) is 11.5 Å². The molecule has 1 aliphatic rings. The maximum atomic E-state index is 13.8. The number of ether oxygens (including phenoxy) is 2. The van der Waals surface area contributed by atoms with E-state index >= 15 is 0 Å². The molecular weight excluding hydrogens is 520 g/mol. The molecule has 0 fully saturated rings. The van der Waals surface area contributed by atoms with E-state index in [0.717, 1.165) is 18.4 Å². The number of carbonyl (C=O) groups is 2. The lowest BCUT2D eigenvalue weighted by molar-refractivity contribution is -0.142. The van der Waals surface area contributed by atoms with Gasteiger partial charge in [-0.15, -0.1) is 0 Å². The summed E-state index contributed by atoms with van der Waals surface area (Å²) >= 11 is 6.12. The lowest BCUT2D eigenvalue weighted by atomic mass is 9.91. The largest absolute Gasteiger partial charge is 0.464 e. The van der Waals surface area contributed by atoms with E-state index in [1.54, 1.807) is 34.1 Å². The molecule has 0 bridgehead atoms. The zero-order valence-corrected chi connectivity index (χ0v) is 23.7. The van der Waals surface area contributed by atoms with Crippen LogP contribution in [0.3, 0.4) is 0 Å². The minimum atomic E-state index is -0.267. The van der Waals surface area contributed by atoms with Crippen molar-refractivity contribution >= 4 is 34.4 Å². The summed E-state index contributed by atoms with van der Waals surface area (Å²) in [7, 11) is 0. The molecule has 0 saturated carbocycles. The number of hydrogen-bond donors (Lipinski definition) is 0. The molecule has 0 N–H and O–H groups in total. The number of amides is 2. The number of halogens is 1. The molecule has 2 amide bonds. The highest BCUT2D eigenvalue weighted by Crippen LogP contribution is 2.33. The van der Waals surface area contributed by atoms with Gasteiger partial charge in [0.15, 0.2) is 16.9 Å². The smallest absolute Gasteiger partial charge is 0.242 e. The van der Waals surface area contributed by atoms with Crippen molar-refractivity contribution in [2.75, 3.05) is 19.9 Å². The second-order valence-electron chi connectivity index (χ2n) is 11.1. The second-order valence-corrected chi connectivity index (χ2v) is 11.5. The topological polar surface area (TPSA) is 89.3 Å². The van der Waals surface area contributed by atoms with Crippen molar-refractivity contribution in [2.45, 2.75) is 60.0 Å². The van der Waals surface area contributed by atoms with Crippen LogP contribution in [0, 0.1) is 5.41 Å². The molecule has 2 aromatic carbocycles. The Balaban J connectivity index is 1.63. The Morgan fingerprint density at radius 3 is 2.49 bits per heavy atom. The average molecular weight is 555 g/mol. The van der Waals surface area contributed by atoms with Crippen molar-refractivity contribution in [1.29, 1.82) is 0 Å². The quantitative estimate of drug-likeness (QED) is 0.316. The van der Waals surface area contributed by atoms with Crippen LogP contribution in [0.4, 0.5) is 0 Å². The van der Waals surface area contributed by atoms with Gasteiger partial charge < -0.3 is 23.7 Å². The second kappa shape index (κ2) is 12.1. The lowest BCUT2D eigenvalue weighted by Crippen LogP contribution is -2.44. The number of carbonyl (C=O) groups excluding carboxylic acids is 2. The van der Waals surface area contributed by atoms with Gasteiger partial charge in [-0.05, 0) is 47.7 Å². The van der Waals surface area contributed by atoms with Crippen LogP contribution < -0.4 is 14.9 Å². The Bertz CT molecular complexity index is 1410. The first-order valence-corrected chi connectivity index (χ1v) is 13.6. The van der Waals surface area contributed by atoms with Crippen molar-refractivity contribution < 1.29 is 23.5 Å². The lowest BCUT2D eigenvalue weighted by Gasteiger charge is -2.29. The summed E-state index contributed by atoms with van der Waals surface area (Å²) in [6, 6.07) is 10.3. The zero-order chi connectivity index (χ0) is 28.2. The predicted molar refractivity (Wildman–Crippen MR) is 150 cm³/mol. The summed E-state index contributed by atoms with van der Waals surface area (Å²) in [5.41, 5.74) is 1.08. The monoisotopic (exact) mass is 554 g/mol. The van der Waals surface area contributed by atoms with E-state index < -0.39 is 0 Å². The predicted octanol–water partition coefficient (Wildman–Crippen LogP) is 5.77. The maximum absolute atomic E-state index is 13.8. The van der Waals surface area contributed by atoms with Gasteiger partial charge in [-0.3, -0.25) is 14.4 Å². The molecule has 1 aromatic heterocycles. The fourth-order valence-electron chi connectivity index (χ4n) is 4.42. The molecule has 0 spiro atoms. The standard InChI is InChI=1S/C30H35ClN2O6/c1-5-6-11-32(27(34)14-30(2,3)4)17-28(35)33(15-20-7-9-25-26(12-20)39-19-38-25)16-21-18-37-24-10-8-22(31)13-23(24)29(21)36/h7-10,12-13,18H,5-6,11,14-17,19H2,1-4H3. The minimum absolute atomic E-state index is 0.00708. The Hall–Kier alpha value is -3.52. The van der Waals surface area contributed by atoms with Crippen LogP contribution in [-0.2, 0) is 22.7 Å². The molecule has 1 aliphatic heterocycles. The van der Waals surface area contributed by atoms with Crippen LogP contribution in [0.5, 0.6) is 11.5 Å². The number of rotatable bonds is 10. The molecule has 0 radical (unpaired) electrons. The third kappa shape index (κ3) is 7.32. The molecule has 0 aliphatic carbocycles. The maximum Gasteiger partial charge on any atom is 0.242 e. The molecule has 208 valence electrons. The van der Waals surface area contributed by atoms with Crippen LogP contribution in [0.25, 0.3) is 11.0 Å². The third-order valence-corrected chi connectivity index (χ3v) is 6.71. The van der Waals surface area contributed by atoms with E-state index in [0.29, 0.717) is 46.0 Å².